The molecule has 0 unspecified atom stereocenters. The van der Waals surface area contributed by atoms with Crippen LogP contribution >= 0.6 is 0 Å². The van der Waals surface area contributed by atoms with Crippen LogP contribution in [0.3, 0.4) is 0 Å². The van der Waals surface area contributed by atoms with Gasteiger partial charge in [0.1, 0.15) is 5.75 Å². The van der Waals surface area contributed by atoms with E-state index in [-0.39, 0.29) is 0 Å². The molecule has 3 heteroatoms. The summed E-state index contributed by atoms with van der Waals surface area (Å²) >= 11 is 0. The molecular formula is C14H22N2O. The van der Waals surface area contributed by atoms with E-state index in [0.717, 1.165) is 38.5 Å². The summed E-state index contributed by atoms with van der Waals surface area (Å²) in [6.45, 7) is 8.30. The Morgan fingerprint density at radius 2 is 2.12 bits per heavy atom. The molecule has 2 rings (SSSR count). The van der Waals surface area contributed by atoms with Crippen LogP contribution in [-0.2, 0) is 6.54 Å². The van der Waals surface area contributed by atoms with E-state index in [1.165, 1.54) is 18.5 Å². The summed E-state index contributed by atoms with van der Waals surface area (Å²) in [6, 6.07) is 8.37. The van der Waals surface area contributed by atoms with Crippen molar-refractivity contribution in [1.82, 2.24) is 10.2 Å². The van der Waals surface area contributed by atoms with Crippen LogP contribution in [0.2, 0.25) is 0 Å². The van der Waals surface area contributed by atoms with Gasteiger partial charge in [0.2, 0.25) is 0 Å². The molecule has 0 spiro atoms. The van der Waals surface area contributed by atoms with E-state index in [2.05, 4.69) is 28.4 Å². The molecule has 3 nitrogen and oxygen atoms in total. The maximum Gasteiger partial charge on any atom is 0.123 e. The Morgan fingerprint density at radius 3 is 3.00 bits per heavy atom. The number of benzene rings is 1. The third-order valence-electron chi connectivity index (χ3n) is 3.10. The molecule has 1 aromatic carbocycles. The number of hydrogen-bond donors (Lipinski definition) is 1. The third-order valence-corrected chi connectivity index (χ3v) is 3.10. The highest BCUT2D eigenvalue weighted by Crippen LogP contribution is 2.20. The molecule has 94 valence electrons. The van der Waals surface area contributed by atoms with Crippen LogP contribution in [0.25, 0.3) is 0 Å². The second-order valence-electron chi connectivity index (χ2n) is 4.42. The number of hydrogen-bond acceptors (Lipinski definition) is 3. The summed E-state index contributed by atoms with van der Waals surface area (Å²) in [5, 5.41) is 3.43. The van der Waals surface area contributed by atoms with Crippen molar-refractivity contribution < 1.29 is 4.74 Å². The first kappa shape index (κ1) is 12.4. The highest BCUT2D eigenvalue weighted by molar-refractivity contribution is 5.33. The fraction of sp³-hybridized carbons (Fsp3) is 0.571. The Bertz CT molecular complexity index is 333. The van der Waals surface area contributed by atoms with Gasteiger partial charge >= 0.3 is 0 Å². The van der Waals surface area contributed by atoms with E-state index < -0.39 is 0 Å². The van der Waals surface area contributed by atoms with Gasteiger partial charge in [0.25, 0.3) is 0 Å². The second-order valence-corrected chi connectivity index (χ2v) is 4.42. The largest absolute Gasteiger partial charge is 0.494 e. The molecule has 1 heterocycles. The van der Waals surface area contributed by atoms with E-state index in [9.17, 15) is 0 Å². The van der Waals surface area contributed by atoms with E-state index in [4.69, 9.17) is 4.74 Å². The van der Waals surface area contributed by atoms with Crippen molar-refractivity contribution in [2.75, 3.05) is 32.8 Å². The molecular weight excluding hydrogens is 212 g/mol. The van der Waals surface area contributed by atoms with Crippen molar-refractivity contribution in [2.24, 2.45) is 0 Å². The van der Waals surface area contributed by atoms with Gasteiger partial charge in [-0.1, -0.05) is 18.2 Å². The SMILES string of the molecule is CCOc1ccccc1CN1CCCNCC1. The fourth-order valence-corrected chi connectivity index (χ4v) is 2.23. The van der Waals surface area contributed by atoms with Gasteiger partial charge < -0.3 is 10.1 Å². The van der Waals surface area contributed by atoms with Crippen molar-refractivity contribution >= 4 is 0 Å². The zero-order chi connectivity index (χ0) is 11.9. The maximum atomic E-state index is 5.67. The molecule has 1 saturated heterocycles. The van der Waals surface area contributed by atoms with E-state index >= 15 is 0 Å². The topological polar surface area (TPSA) is 24.5 Å². The number of para-hydroxylation sites is 1. The van der Waals surface area contributed by atoms with Gasteiger partial charge in [-0.15, -0.1) is 0 Å². The smallest absolute Gasteiger partial charge is 0.123 e. The minimum absolute atomic E-state index is 0.735. The van der Waals surface area contributed by atoms with Crippen molar-refractivity contribution in [2.45, 2.75) is 19.9 Å². The standard InChI is InChI=1S/C14H22N2O/c1-2-17-14-7-4-3-6-13(14)12-16-10-5-8-15-9-11-16/h3-4,6-7,15H,2,5,8-12H2,1H3. The second kappa shape index (κ2) is 6.62. The predicted molar refractivity (Wildman–Crippen MR) is 70.4 cm³/mol. The first-order chi connectivity index (χ1) is 8.40. The van der Waals surface area contributed by atoms with Gasteiger partial charge in [-0.05, 0) is 32.5 Å². The first-order valence-corrected chi connectivity index (χ1v) is 6.54. The maximum absolute atomic E-state index is 5.67. The summed E-state index contributed by atoms with van der Waals surface area (Å²) in [5.74, 6) is 1.03. The van der Waals surface area contributed by atoms with Crippen LogP contribution in [0.4, 0.5) is 0 Å². The summed E-state index contributed by atoms with van der Waals surface area (Å²) in [7, 11) is 0. The van der Waals surface area contributed by atoms with Gasteiger partial charge in [0.05, 0.1) is 6.61 Å². The average Bonchev–Trinajstić information content (AvgIpc) is 2.61. The molecule has 1 N–H and O–H groups in total. The Hall–Kier alpha value is -1.06. The molecule has 1 aliphatic rings. The van der Waals surface area contributed by atoms with Crippen LogP contribution in [0.15, 0.2) is 24.3 Å². The van der Waals surface area contributed by atoms with Crippen molar-refractivity contribution in [3.63, 3.8) is 0 Å². The van der Waals surface area contributed by atoms with E-state index in [0.29, 0.717) is 0 Å². The van der Waals surface area contributed by atoms with Crippen molar-refractivity contribution in [1.29, 1.82) is 0 Å². The molecule has 0 aromatic heterocycles. The number of nitrogens with zero attached hydrogens (tertiary/aromatic N) is 1. The minimum Gasteiger partial charge on any atom is -0.494 e. The molecule has 17 heavy (non-hydrogen) atoms. The lowest BCUT2D eigenvalue weighted by atomic mass is 10.2. The lowest BCUT2D eigenvalue weighted by Crippen LogP contribution is -2.27. The molecule has 0 bridgehead atoms. The number of rotatable bonds is 4. The van der Waals surface area contributed by atoms with Crippen molar-refractivity contribution in [3.8, 4) is 5.75 Å². The molecule has 1 fully saturated rings. The molecule has 0 aliphatic carbocycles. The average molecular weight is 234 g/mol. The van der Waals surface area contributed by atoms with Crippen LogP contribution in [0, 0.1) is 0 Å². The highest BCUT2D eigenvalue weighted by Gasteiger charge is 2.11. The Morgan fingerprint density at radius 1 is 1.24 bits per heavy atom. The third kappa shape index (κ3) is 3.72. The fourth-order valence-electron chi connectivity index (χ4n) is 2.23. The van der Waals surface area contributed by atoms with Crippen LogP contribution in [-0.4, -0.2) is 37.7 Å². The van der Waals surface area contributed by atoms with Gasteiger partial charge in [-0.25, -0.2) is 0 Å². The van der Waals surface area contributed by atoms with Crippen LogP contribution in [0.1, 0.15) is 18.9 Å². The van der Waals surface area contributed by atoms with E-state index in [1.807, 2.05) is 13.0 Å². The first-order valence-electron chi connectivity index (χ1n) is 6.54. The molecule has 1 aromatic rings. The van der Waals surface area contributed by atoms with Crippen molar-refractivity contribution in [3.05, 3.63) is 29.8 Å². The molecule has 1 aliphatic heterocycles. The molecule has 0 atom stereocenters. The summed E-state index contributed by atoms with van der Waals surface area (Å²) < 4.78 is 5.67. The van der Waals surface area contributed by atoms with Gasteiger partial charge in [0, 0.05) is 25.2 Å². The van der Waals surface area contributed by atoms with Crippen LogP contribution < -0.4 is 10.1 Å². The quantitative estimate of drug-likeness (QED) is 0.861. The molecule has 0 amide bonds. The van der Waals surface area contributed by atoms with Gasteiger partial charge in [-0.2, -0.15) is 0 Å². The predicted octanol–water partition coefficient (Wildman–Crippen LogP) is 1.88. The molecule has 0 radical (unpaired) electrons. The summed E-state index contributed by atoms with van der Waals surface area (Å²) in [5.41, 5.74) is 1.30. The monoisotopic (exact) mass is 234 g/mol. The Balaban J connectivity index is 2.00. The zero-order valence-corrected chi connectivity index (χ0v) is 10.6. The number of nitrogens with one attached hydrogen (secondary N) is 1. The molecule has 0 saturated carbocycles. The normalized spacial score (nSPS) is 17.7. The summed E-state index contributed by atoms with van der Waals surface area (Å²) in [6.07, 6.45) is 1.23. The zero-order valence-electron chi connectivity index (χ0n) is 10.6. The summed E-state index contributed by atoms with van der Waals surface area (Å²) in [4.78, 5) is 2.50. The van der Waals surface area contributed by atoms with Gasteiger partial charge in [-0.3, -0.25) is 4.90 Å². The van der Waals surface area contributed by atoms with E-state index in [1.54, 1.807) is 0 Å². The Labute approximate surface area is 104 Å². The number of ether oxygens (including phenoxy) is 1. The van der Waals surface area contributed by atoms with Gasteiger partial charge in [0.15, 0.2) is 0 Å². The Kier molecular flexibility index (Phi) is 4.83. The minimum atomic E-state index is 0.735. The highest BCUT2D eigenvalue weighted by atomic mass is 16.5. The lowest BCUT2D eigenvalue weighted by Gasteiger charge is -2.21. The lowest BCUT2D eigenvalue weighted by molar-refractivity contribution is 0.273. The van der Waals surface area contributed by atoms with Crippen LogP contribution in [0.5, 0.6) is 5.75 Å².